The average molecular weight is 199 g/mol. The van der Waals surface area contributed by atoms with E-state index in [1.165, 1.54) is 6.42 Å². The second kappa shape index (κ2) is 2.31. The van der Waals surface area contributed by atoms with Crippen LogP contribution in [0.2, 0.25) is 5.22 Å². The zero-order valence-electron chi connectivity index (χ0n) is 7.16. The van der Waals surface area contributed by atoms with Gasteiger partial charge in [0, 0.05) is 5.56 Å². The van der Waals surface area contributed by atoms with Crippen molar-refractivity contribution in [1.82, 2.24) is 0 Å². The van der Waals surface area contributed by atoms with E-state index in [9.17, 15) is 5.11 Å². The molecule has 1 heterocycles. The maximum atomic E-state index is 10.3. The van der Waals surface area contributed by atoms with E-state index < -0.39 is 5.60 Å². The van der Waals surface area contributed by atoms with Crippen LogP contribution in [0, 0.1) is 11.8 Å². The SMILES string of the molecule is OC1(c2ccoc2Cl)C2CCCC21. The van der Waals surface area contributed by atoms with Gasteiger partial charge in [-0.2, -0.15) is 0 Å². The Morgan fingerprint density at radius 3 is 2.69 bits per heavy atom. The second-order valence-corrected chi connectivity index (χ2v) is 4.42. The first-order chi connectivity index (χ1) is 6.24. The summed E-state index contributed by atoms with van der Waals surface area (Å²) >= 11 is 5.85. The molecule has 3 rings (SSSR count). The molecule has 3 heteroatoms. The highest BCUT2D eigenvalue weighted by Crippen LogP contribution is 2.67. The van der Waals surface area contributed by atoms with Crippen molar-refractivity contribution < 1.29 is 9.52 Å². The van der Waals surface area contributed by atoms with Crippen molar-refractivity contribution in [2.24, 2.45) is 11.8 Å². The van der Waals surface area contributed by atoms with Crippen molar-refractivity contribution in [1.29, 1.82) is 0 Å². The normalized spacial score (nSPS) is 42.0. The number of hydrogen-bond donors (Lipinski definition) is 1. The summed E-state index contributed by atoms with van der Waals surface area (Å²) in [5.41, 5.74) is 0.145. The zero-order valence-corrected chi connectivity index (χ0v) is 7.92. The van der Waals surface area contributed by atoms with Crippen LogP contribution in [0.3, 0.4) is 0 Å². The molecule has 0 radical (unpaired) electrons. The minimum absolute atomic E-state index is 0.358. The molecule has 1 aromatic rings. The minimum atomic E-state index is -0.650. The molecule has 1 N–H and O–H groups in total. The summed E-state index contributed by atoms with van der Waals surface area (Å²) in [5, 5.41) is 10.7. The van der Waals surface area contributed by atoms with Gasteiger partial charge >= 0.3 is 0 Å². The molecule has 0 amide bonds. The van der Waals surface area contributed by atoms with E-state index >= 15 is 0 Å². The lowest BCUT2D eigenvalue weighted by Crippen LogP contribution is -2.12. The van der Waals surface area contributed by atoms with Gasteiger partial charge in [-0.15, -0.1) is 0 Å². The Kier molecular flexibility index (Phi) is 1.40. The van der Waals surface area contributed by atoms with Crippen molar-refractivity contribution in [2.45, 2.75) is 24.9 Å². The summed E-state index contributed by atoms with van der Waals surface area (Å²) in [6.07, 6.45) is 5.04. The van der Waals surface area contributed by atoms with Gasteiger partial charge in [-0.3, -0.25) is 0 Å². The van der Waals surface area contributed by atoms with Gasteiger partial charge in [0.25, 0.3) is 0 Å². The van der Waals surface area contributed by atoms with Crippen LogP contribution in [-0.4, -0.2) is 5.11 Å². The lowest BCUT2D eigenvalue weighted by molar-refractivity contribution is 0.105. The zero-order chi connectivity index (χ0) is 9.05. The third kappa shape index (κ3) is 0.830. The fraction of sp³-hybridized carbons (Fsp3) is 0.600. The Morgan fingerprint density at radius 1 is 1.46 bits per heavy atom. The molecular weight excluding hydrogens is 188 g/mol. The molecule has 1 aromatic heterocycles. The molecule has 2 nitrogen and oxygen atoms in total. The maximum Gasteiger partial charge on any atom is 0.199 e. The molecule has 2 atom stereocenters. The van der Waals surface area contributed by atoms with Gasteiger partial charge < -0.3 is 9.52 Å². The van der Waals surface area contributed by atoms with Gasteiger partial charge in [0.05, 0.1) is 6.26 Å². The maximum absolute atomic E-state index is 10.3. The van der Waals surface area contributed by atoms with Crippen molar-refractivity contribution >= 4 is 11.6 Å². The molecule has 70 valence electrons. The fourth-order valence-corrected chi connectivity index (χ4v) is 3.17. The monoisotopic (exact) mass is 198 g/mol. The van der Waals surface area contributed by atoms with E-state index in [-0.39, 0.29) is 0 Å². The van der Waals surface area contributed by atoms with E-state index in [1.807, 2.05) is 0 Å². The first-order valence-corrected chi connectivity index (χ1v) is 5.08. The molecule has 2 fully saturated rings. The van der Waals surface area contributed by atoms with E-state index in [0.717, 1.165) is 18.4 Å². The van der Waals surface area contributed by atoms with Crippen molar-refractivity contribution in [3.63, 3.8) is 0 Å². The van der Waals surface area contributed by atoms with E-state index in [4.69, 9.17) is 16.0 Å². The van der Waals surface area contributed by atoms with Crippen molar-refractivity contribution in [3.05, 3.63) is 23.1 Å². The third-order valence-electron chi connectivity index (χ3n) is 3.59. The molecule has 13 heavy (non-hydrogen) atoms. The van der Waals surface area contributed by atoms with Crippen LogP contribution in [0.1, 0.15) is 24.8 Å². The minimum Gasteiger partial charge on any atom is -0.453 e. The lowest BCUT2D eigenvalue weighted by Gasteiger charge is -2.11. The van der Waals surface area contributed by atoms with Gasteiger partial charge in [-0.05, 0) is 42.3 Å². The van der Waals surface area contributed by atoms with Crippen LogP contribution in [0.25, 0.3) is 0 Å². The number of aliphatic hydroxyl groups is 1. The molecule has 2 aliphatic carbocycles. The van der Waals surface area contributed by atoms with Gasteiger partial charge in [0.2, 0.25) is 0 Å². The molecule has 0 bridgehead atoms. The molecular formula is C10H11ClO2. The Hall–Kier alpha value is -0.470. The number of fused-ring (bicyclic) bond motifs is 1. The van der Waals surface area contributed by atoms with Gasteiger partial charge in [-0.25, -0.2) is 0 Å². The highest BCUT2D eigenvalue weighted by atomic mass is 35.5. The smallest absolute Gasteiger partial charge is 0.199 e. The van der Waals surface area contributed by atoms with E-state index in [2.05, 4.69) is 0 Å². The van der Waals surface area contributed by atoms with Gasteiger partial charge in [0.15, 0.2) is 5.22 Å². The predicted octanol–water partition coefficient (Wildman–Crippen LogP) is 2.55. The highest BCUT2D eigenvalue weighted by Gasteiger charge is 2.67. The standard InChI is InChI=1S/C10H11ClO2/c11-9-8(4-5-13-9)10(12)6-2-1-3-7(6)10/h4-7,12H,1-3H2. The van der Waals surface area contributed by atoms with Crippen LogP contribution in [0.4, 0.5) is 0 Å². The Morgan fingerprint density at radius 2 is 2.15 bits per heavy atom. The Labute approximate surface area is 81.5 Å². The number of halogens is 1. The molecule has 0 aromatic carbocycles. The largest absolute Gasteiger partial charge is 0.453 e. The van der Waals surface area contributed by atoms with Gasteiger partial charge in [0.1, 0.15) is 5.60 Å². The van der Waals surface area contributed by atoms with Crippen LogP contribution in [-0.2, 0) is 5.60 Å². The first-order valence-electron chi connectivity index (χ1n) is 4.70. The number of furan rings is 1. The van der Waals surface area contributed by atoms with Crippen molar-refractivity contribution in [2.75, 3.05) is 0 Å². The average Bonchev–Trinajstić information content (AvgIpc) is 2.61. The highest BCUT2D eigenvalue weighted by molar-refractivity contribution is 6.29. The third-order valence-corrected chi connectivity index (χ3v) is 3.88. The predicted molar refractivity (Wildman–Crippen MR) is 48.4 cm³/mol. The van der Waals surface area contributed by atoms with Crippen LogP contribution in [0.5, 0.6) is 0 Å². The van der Waals surface area contributed by atoms with E-state index in [0.29, 0.717) is 17.1 Å². The second-order valence-electron chi connectivity index (χ2n) is 4.08. The summed E-state index contributed by atoms with van der Waals surface area (Å²) in [7, 11) is 0. The molecule has 0 spiro atoms. The van der Waals surface area contributed by atoms with Crippen LogP contribution < -0.4 is 0 Å². The topological polar surface area (TPSA) is 33.4 Å². The molecule has 2 saturated carbocycles. The van der Waals surface area contributed by atoms with E-state index in [1.54, 1.807) is 12.3 Å². The fourth-order valence-electron chi connectivity index (χ4n) is 2.90. The molecule has 0 aliphatic heterocycles. The van der Waals surface area contributed by atoms with Gasteiger partial charge in [-0.1, -0.05) is 6.42 Å². The quantitative estimate of drug-likeness (QED) is 0.753. The number of hydrogen-bond acceptors (Lipinski definition) is 2. The lowest BCUT2D eigenvalue weighted by atomic mass is 10.0. The van der Waals surface area contributed by atoms with Crippen molar-refractivity contribution in [3.8, 4) is 0 Å². The summed E-state index contributed by atoms with van der Waals surface area (Å²) in [4.78, 5) is 0. The number of rotatable bonds is 1. The summed E-state index contributed by atoms with van der Waals surface area (Å²) in [5.74, 6) is 0.866. The van der Waals surface area contributed by atoms with Crippen LogP contribution >= 0.6 is 11.6 Å². The Balaban J connectivity index is 1.99. The summed E-state index contributed by atoms with van der Waals surface area (Å²) in [6.45, 7) is 0. The van der Waals surface area contributed by atoms with Crippen LogP contribution in [0.15, 0.2) is 16.7 Å². The molecule has 2 unspecified atom stereocenters. The molecule has 2 aliphatic rings. The first kappa shape index (κ1) is 7.89. The summed E-state index contributed by atoms with van der Waals surface area (Å²) in [6, 6.07) is 1.79. The Bertz CT molecular complexity index is 334. The molecule has 0 saturated heterocycles. The summed E-state index contributed by atoms with van der Waals surface area (Å²) < 4.78 is 5.00.